The molecule has 0 bridgehead atoms. The first-order chi connectivity index (χ1) is 6.29. The van der Waals surface area contributed by atoms with E-state index < -0.39 is 0 Å². The van der Waals surface area contributed by atoms with Crippen molar-refractivity contribution in [1.82, 2.24) is 0 Å². The van der Waals surface area contributed by atoms with Gasteiger partial charge in [-0.1, -0.05) is 12.2 Å². The Morgan fingerprint density at radius 3 is 3.00 bits per heavy atom. The summed E-state index contributed by atoms with van der Waals surface area (Å²) in [6.07, 6.45) is 3.16. The molecule has 0 fully saturated rings. The van der Waals surface area contributed by atoms with Gasteiger partial charge in [0.2, 0.25) is 5.71 Å². The zero-order valence-corrected chi connectivity index (χ0v) is 6.45. The van der Waals surface area contributed by atoms with Gasteiger partial charge in [0, 0.05) is 12.1 Å². The Morgan fingerprint density at radius 2 is 2.38 bits per heavy atom. The van der Waals surface area contributed by atoms with Crippen LogP contribution in [0.3, 0.4) is 0 Å². The fourth-order valence-corrected chi connectivity index (χ4v) is 0.877. The van der Waals surface area contributed by atoms with Crippen LogP contribution in [0.5, 0.6) is 0 Å². The van der Waals surface area contributed by atoms with Crippen LogP contribution in [-0.4, -0.2) is 17.2 Å². The second-order valence-electron chi connectivity index (χ2n) is 2.14. The summed E-state index contributed by atoms with van der Waals surface area (Å²) in [6, 6.07) is 0. The zero-order valence-electron chi connectivity index (χ0n) is 6.45. The van der Waals surface area contributed by atoms with Crippen LogP contribution in [0.15, 0.2) is 27.6 Å². The molecular weight excluding hydrogens is 172 g/mol. The van der Waals surface area contributed by atoms with Crippen molar-refractivity contribution in [2.45, 2.75) is 6.42 Å². The van der Waals surface area contributed by atoms with Crippen molar-refractivity contribution in [3.8, 4) is 0 Å². The summed E-state index contributed by atoms with van der Waals surface area (Å²) in [5.74, 6) is -0.345. The van der Waals surface area contributed by atoms with Gasteiger partial charge in [-0.15, -0.1) is 0 Å². The standard InChI is InChI=1S/C6H4N6O/c7-11-9-4-2-1-3-5(13)6(4)10-12-8/h1-2H,3H2. The van der Waals surface area contributed by atoms with Crippen molar-refractivity contribution < 1.29 is 4.79 Å². The van der Waals surface area contributed by atoms with Gasteiger partial charge < -0.3 is 10.6 Å². The third-order valence-electron chi connectivity index (χ3n) is 1.38. The Morgan fingerprint density at radius 1 is 1.62 bits per heavy atom. The van der Waals surface area contributed by atoms with Crippen LogP contribution in [0.1, 0.15) is 6.42 Å². The molecule has 13 heavy (non-hydrogen) atoms. The Balaban J connectivity index is 3.15. The molecule has 0 aromatic rings. The van der Waals surface area contributed by atoms with Crippen LogP contribution < -0.4 is 0 Å². The van der Waals surface area contributed by atoms with Gasteiger partial charge in [-0.05, 0) is 0 Å². The molecule has 0 unspecified atom stereocenters. The number of Topliss-reactive ketones (excluding diaryl/α,β-unsaturated/α-hetero) is 1. The average molecular weight is 176 g/mol. The SMILES string of the molecule is N#[N+]N=C1C(=O)CC=CC1=NN=[N-]. The fraction of sp³-hybridized carbons (Fsp3) is 0.167. The molecule has 0 aromatic heterocycles. The van der Waals surface area contributed by atoms with E-state index in [1.54, 1.807) is 6.08 Å². The monoisotopic (exact) mass is 176 g/mol. The molecule has 0 saturated heterocycles. The minimum Gasteiger partial charge on any atom is -0.362 e. The summed E-state index contributed by atoms with van der Waals surface area (Å²) < 4.78 is 0. The number of rotatable bonds is 1. The second-order valence-corrected chi connectivity index (χ2v) is 2.14. The largest absolute Gasteiger partial charge is 0.362 e. The first-order valence-corrected chi connectivity index (χ1v) is 3.34. The average Bonchev–Trinajstić information content (AvgIpc) is 2.11. The van der Waals surface area contributed by atoms with Crippen LogP contribution >= 0.6 is 0 Å². The van der Waals surface area contributed by atoms with Gasteiger partial charge in [-0.25, -0.2) is 0 Å². The predicted octanol–water partition coefficient (Wildman–Crippen LogP) is 1.10. The number of nitrogens with zero attached hydrogens (tertiary/aromatic N) is 6. The van der Waals surface area contributed by atoms with E-state index in [2.05, 4.69) is 20.5 Å². The van der Waals surface area contributed by atoms with Gasteiger partial charge in [-0.3, -0.25) is 10.0 Å². The first-order valence-electron chi connectivity index (χ1n) is 3.34. The van der Waals surface area contributed by atoms with E-state index in [1.807, 2.05) is 0 Å². The lowest BCUT2D eigenvalue weighted by Crippen LogP contribution is -2.25. The number of diazo groups is 1. The van der Waals surface area contributed by atoms with Crippen molar-refractivity contribution in [2.75, 3.05) is 0 Å². The van der Waals surface area contributed by atoms with Crippen LogP contribution in [0.25, 0.3) is 10.6 Å². The molecule has 1 aliphatic rings. The highest BCUT2D eigenvalue weighted by Crippen LogP contribution is 2.03. The maximum atomic E-state index is 11.1. The van der Waals surface area contributed by atoms with Crippen molar-refractivity contribution in [3.05, 3.63) is 22.8 Å². The smallest absolute Gasteiger partial charge is 0.339 e. The van der Waals surface area contributed by atoms with Crippen LogP contribution in [0, 0.1) is 5.39 Å². The third kappa shape index (κ3) is 1.87. The Labute approximate surface area is 73.0 Å². The molecule has 0 aromatic carbocycles. The van der Waals surface area contributed by atoms with Crippen LogP contribution in [-0.2, 0) is 4.79 Å². The first kappa shape index (κ1) is 8.86. The van der Waals surface area contributed by atoms with E-state index in [4.69, 9.17) is 10.9 Å². The molecule has 1 aliphatic carbocycles. The lowest BCUT2D eigenvalue weighted by Gasteiger charge is -2.06. The van der Waals surface area contributed by atoms with Gasteiger partial charge >= 0.3 is 5.08 Å². The van der Waals surface area contributed by atoms with Crippen molar-refractivity contribution in [3.63, 3.8) is 0 Å². The number of hydrogen-bond donors (Lipinski definition) is 0. The fourth-order valence-electron chi connectivity index (χ4n) is 0.877. The van der Waals surface area contributed by atoms with Gasteiger partial charge in [0.05, 0.1) is 0 Å². The van der Waals surface area contributed by atoms with E-state index in [0.29, 0.717) is 0 Å². The van der Waals surface area contributed by atoms with Crippen molar-refractivity contribution >= 4 is 17.2 Å². The van der Waals surface area contributed by atoms with Gasteiger partial charge in [-0.2, -0.15) is 0 Å². The summed E-state index contributed by atoms with van der Waals surface area (Å²) in [7, 11) is 0. The van der Waals surface area contributed by atoms with E-state index in [-0.39, 0.29) is 23.6 Å². The molecule has 0 saturated carbocycles. The van der Waals surface area contributed by atoms with Crippen LogP contribution in [0.2, 0.25) is 0 Å². The van der Waals surface area contributed by atoms with Crippen LogP contribution in [0.4, 0.5) is 0 Å². The summed E-state index contributed by atoms with van der Waals surface area (Å²) >= 11 is 0. The minimum absolute atomic E-state index is 0.0663. The highest BCUT2D eigenvalue weighted by atomic mass is 16.1. The van der Waals surface area contributed by atoms with Gasteiger partial charge in [0.1, 0.15) is 0 Å². The van der Waals surface area contributed by atoms with Gasteiger partial charge in [0.25, 0.3) is 5.39 Å². The molecule has 0 heterocycles. The molecule has 0 aliphatic heterocycles. The molecule has 0 radical (unpaired) electrons. The molecule has 0 atom stereocenters. The van der Waals surface area contributed by atoms with Crippen molar-refractivity contribution in [1.29, 1.82) is 5.39 Å². The minimum atomic E-state index is -0.345. The molecule has 7 nitrogen and oxygen atoms in total. The maximum Gasteiger partial charge on any atom is 0.339 e. The molecular formula is C6H4N6O. The number of allylic oxidation sites excluding steroid dienone is 2. The molecule has 64 valence electrons. The summed E-state index contributed by atoms with van der Waals surface area (Å²) in [4.78, 5) is 11.1. The van der Waals surface area contributed by atoms with E-state index in [0.717, 1.165) is 0 Å². The zero-order chi connectivity index (χ0) is 9.68. The highest BCUT2D eigenvalue weighted by Gasteiger charge is 2.20. The summed E-state index contributed by atoms with van der Waals surface area (Å²) in [5, 5.41) is 19.5. The topological polar surface area (TPSA) is 105 Å². The van der Waals surface area contributed by atoms with E-state index in [1.165, 1.54) is 6.08 Å². The molecule has 1 rings (SSSR count). The number of carbonyl (C=O) groups is 1. The molecule has 7 heteroatoms. The van der Waals surface area contributed by atoms with Crippen molar-refractivity contribution in [2.24, 2.45) is 15.4 Å². The number of hydrogen-bond acceptors (Lipinski definition) is 4. The normalized spacial score (nSPS) is 21.9. The Kier molecular flexibility index (Phi) is 2.70. The number of ketones is 1. The summed E-state index contributed by atoms with van der Waals surface area (Å²) in [6.45, 7) is 0. The summed E-state index contributed by atoms with van der Waals surface area (Å²) in [5.41, 5.74) is 8.08. The maximum absolute atomic E-state index is 11.1. The second kappa shape index (κ2) is 3.96. The Hall–Kier alpha value is -2.23. The number of carbonyl (C=O) groups excluding carboxylic acids is 1. The molecule has 0 amide bonds. The molecule has 0 spiro atoms. The quantitative estimate of drug-likeness (QED) is 0.339. The molecule has 0 N–H and O–H groups in total. The third-order valence-corrected chi connectivity index (χ3v) is 1.38. The highest BCUT2D eigenvalue weighted by molar-refractivity contribution is 6.70. The lowest BCUT2D eigenvalue weighted by atomic mass is 10.0. The Bertz CT molecular complexity index is 371. The van der Waals surface area contributed by atoms with Gasteiger partial charge in [0.15, 0.2) is 10.9 Å². The van der Waals surface area contributed by atoms with E-state index >= 15 is 0 Å². The predicted molar refractivity (Wildman–Crippen MR) is 44.5 cm³/mol. The lowest BCUT2D eigenvalue weighted by molar-refractivity contribution is -0.112. The van der Waals surface area contributed by atoms with E-state index in [9.17, 15) is 4.79 Å².